The van der Waals surface area contributed by atoms with Gasteiger partial charge in [0.1, 0.15) is 5.75 Å². The van der Waals surface area contributed by atoms with Crippen LogP contribution >= 0.6 is 0 Å². The number of unbranched alkanes of at least 4 members (excludes halogenated alkanes) is 1. The number of aromatic nitrogens is 2. The zero-order valence-corrected chi connectivity index (χ0v) is 17.3. The number of ether oxygens (including phenoxy) is 1. The highest BCUT2D eigenvalue weighted by Gasteiger charge is 2.52. The largest absolute Gasteiger partial charge is 0.497 e. The Morgan fingerprint density at radius 2 is 2.13 bits per heavy atom. The zero-order chi connectivity index (χ0) is 22.2. The molecule has 3 heterocycles. The molecule has 1 aromatic carbocycles. The van der Waals surface area contributed by atoms with Crippen LogP contribution in [0.25, 0.3) is 6.20 Å². The van der Waals surface area contributed by atoms with Crippen LogP contribution in [0.5, 0.6) is 5.75 Å². The Labute approximate surface area is 179 Å². The normalized spacial score (nSPS) is 20.3. The van der Waals surface area contributed by atoms with Crippen molar-refractivity contribution >= 4 is 30.0 Å². The number of benzene rings is 1. The third kappa shape index (κ3) is 3.49. The number of amides is 4. The predicted octanol–water partition coefficient (Wildman–Crippen LogP) is 1.44. The minimum Gasteiger partial charge on any atom is -0.497 e. The van der Waals surface area contributed by atoms with Gasteiger partial charge in [-0.1, -0.05) is 25.5 Å². The summed E-state index contributed by atoms with van der Waals surface area (Å²) in [7, 11) is 1.53. The van der Waals surface area contributed by atoms with E-state index < -0.39 is 17.5 Å². The van der Waals surface area contributed by atoms with Gasteiger partial charge in [-0.2, -0.15) is 0 Å². The number of fused-ring (bicyclic) bond motifs is 1. The summed E-state index contributed by atoms with van der Waals surface area (Å²) in [5.41, 5.74) is 6.07. The van der Waals surface area contributed by atoms with Gasteiger partial charge in [-0.25, -0.2) is 9.78 Å². The molecule has 10 nitrogen and oxygen atoms in total. The molecule has 0 spiro atoms. The van der Waals surface area contributed by atoms with Crippen LogP contribution in [0.2, 0.25) is 0 Å². The minimum absolute atomic E-state index is 0.0878. The zero-order valence-electron chi connectivity index (χ0n) is 17.3. The van der Waals surface area contributed by atoms with Gasteiger partial charge in [-0.15, -0.1) is 0 Å². The molecule has 1 fully saturated rings. The van der Waals surface area contributed by atoms with E-state index in [9.17, 15) is 14.4 Å². The molecule has 0 bridgehead atoms. The predicted molar refractivity (Wildman–Crippen MR) is 113 cm³/mol. The smallest absolute Gasteiger partial charge is 0.322 e. The Hall–Kier alpha value is -3.82. The number of imide groups is 1. The van der Waals surface area contributed by atoms with Gasteiger partial charge in [0, 0.05) is 24.5 Å². The molecule has 1 atom stereocenters. The number of hydrogen-bond donors (Lipinski definition) is 3. The second kappa shape index (κ2) is 7.78. The van der Waals surface area contributed by atoms with Gasteiger partial charge in [0.15, 0.2) is 5.54 Å². The first-order valence-corrected chi connectivity index (χ1v) is 9.99. The van der Waals surface area contributed by atoms with Crippen LogP contribution in [0.3, 0.4) is 0 Å². The summed E-state index contributed by atoms with van der Waals surface area (Å²) < 4.78 is 6.80. The first kappa shape index (κ1) is 20.5. The van der Waals surface area contributed by atoms with Crippen molar-refractivity contribution in [3.63, 3.8) is 0 Å². The molecular weight excluding hydrogens is 400 g/mol. The van der Waals surface area contributed by atoms with E-state index in [2.05, 4.69) is 22.5 Å². The summed E-state index contributed by atoms with van der Waals surface area (Å²) >= 11 is 0. The molecular formula is C21H24N6O4. The highest BCUT2D eigenvalue weighted by Crippen LogP contribution is 2.32. The number of rotatable bonds is 7. The number of imidazole rings is 1. The summed E-state index contributed by atoms with van der Waals surface area (Å²) in [6.07, 6.45) is 7.14. The second-order valence-electron chi connectivity index (χ2n) is 7.56. The molecule has 0 radical (unpaired) electrons. The van der Waals surface area contributed by atoms with Crippen molar-refractivity contribution in [2.75, 3.05) is 19.4 Å². The molecule has 0 aliphatic carbocycles. The average molecular weight is 424 g/mol. The maximum atomic E-state index is 13.0. The maximum absolute atomic E-state index is 13.0. The lowest BCUT2D eigenvalue weighted by molar-refractivity contribution is -0.124. The van der Waals surface area contributed by atoms with E-state index in [0.717, 1.165) is 18.4 Å². The fourth-order valence-corrected chi connectivity index (χ4v) is 3.83. The fourth-order valence-electron chi connectivity index (χ4n) is 3.83. The number of carbonyl (C=O) groups excluding carboxylic acids is 3. The van der Waals surface area contributed by atoms with Gasteiger partial charge in [0.05, 0.1) is 19.3 Å². The third-order valence-electron chi connectivity index (χ3n) is 5.49. The van der Waals surface area contributed by atoms with E-state index in [0.29, 0.717) is 17.9 Å². The van der Waals surface area contributed by atoms with E-state index in [1.165, 1.54) is 12.0 Å². The molecule has 162 valence electrons. The molecule has 2 aliphatic rings. The van der Waals surface area contributed by atoms with Crippen molar-refractivity contribution in [3.8, 4) is 5.75 Å². The van der Waals surface area contributed by atoms with Crippen molar-refractivity contribution in [2.45, 2.75) is 31.8 Å². The summed E-state index contributed by atoms with van der Waals surface area (Å²) in [5, 5.41) is 4.92. The topological polar surface area (TPSA) is 132 Å². The molecule has 2 aliphatic heterocycles. The number of methoxy groups -OCH3 is 1. The van der Waals surface area contributed by atoms with E-state index in [1.807, 2.05) is 12.1 Å². The number of hydrogen-bond acceptors (Lipinski definition) is 6. The highest BCUT2D eigenvalue weighted by atomic mass is 16.5. The number of nitrogens with zero attached hydrogens (tertiary/aromatic N) is 3. The van der Waals surface area contributed by atoms with Crippen LogP contribution in [-0.2, 0) is 16.9 Å². The van der Waals surface area contributed by atoms with Crippen molar-refractivity contribution < 1.29 is 19.1 Å². The van der Waals surface area contributed by atoms with Gasteiger partial charge >= 0.3 is 6.03 Å². The fraction of sp³-hybridized carbons (Fsp3) is 0.333. The number of anilines is 1. The molecule has 10 heteroatoms. The third-order valence-corrected chi connectivity index (χ3v) is 5.49. The highest BCUT2D eigenvalue weighted by molar-refractivity contribution is 6.08. The number of nitrogens with two attached hydrogens (primary N) is 1. The Kier molecular flexibility index (Phi) is 5.14. The quantitative estimate of drug-likeness (QED) is 0.576. The average Bonchev–Trinajstić information content (AvgIpc) is 3.36. The lowest BCUT2D eigenvalue weighted by Gasteiger charge is -2.29. The van der Waals surface area contributed by atoms with Crippen molar-refractivity contribution in [2.24, 2.45) is 0 Å². The van der Waals surface area contributed by atoms with Crippen LogP contribution < -0.4 is 21.1 Å². The SMILES string of the molecule is CCCC=Cn1cc(C2(CN3Cc4ccc(OC)cc4C3=O)NC(=O)NC2=O)nc1N. The Balaban J connectivity index is 1.67. The van der Waals surface area contributed by atoms with Gasteiger partial charge in [-0.3, -0.25) is 19.5 Å². The second-order valence-corrected chi connectivity index (χ2v) is 7.56. The lowest BCUT2D eigenvalue weighted by Crippen LogP contribution is -2.53. The maximum Gasteiger partial charge on any atom is 0.322 e. The number of carbonyl (C=O) groups is 3. The first-order valence-electron chi connectivity index (χ1n) is 9.99. The van der Waals surface area contributed by atoms with E-state index in [4.69, 9.17) is 10.5 Å². The van der Waals surface area contributed by atoms with Crippen molar-refractivity contribution in [3.05, 3.63) is 47.3 Å². The molecule has 4 rings (SSSR count). The lowest BCUT2D eigenvalue weighted by atomic mass is 9.95. The van der Waals surface area contributed by atoms with Gasteiger partial charge in [0.25, 0.3) is 11.8 Å². The summed E-state index contributed by atoms with van der Waals surface area (Å²) in [5.74, 6) is -0.0871. The number of nitrogens with one attached hydrogen (secondary N) is 2. The number of nitrogen functional groups attached to an aromatic ring is 1. The van der Waals surface area contributed by atoms with Crippen LogP contribution in [0, 0.1) is 0 Å². The van der Waals surface area contributed by atoms with Gasteiger partial charge in [0.2, 0.25) is 5.95 Å². The van der Waals surface area contributed by atoms with Crippen LogP contribution in [0.1, 0.15) is 41.4 Å². The Bertz CT molecular complexity index is 1090. The Morgan fingerprint density at radius 1 is 1.32 bits per heavy atom. The molecule has 4 amide bonds. The van der Waals surface area contributed by atoms with E-state index >= 15 is 0 Å². The summed E-state index contributed by atoms with van der Waals surface area (Å²) in [6.45, 7) is 2.27. The van der Waals surface area contributed by atoms with Crippen LogP contribution in [-0.4, -0.2) is 46.0 Å². The molecule has 1 unspecified atom stereocenters. The van der Waals surface area contributed by atoms with Crippen molar-refractivity contribution in [1.29, 1.82) is 0 Å². The molecule has 4 N–H and O–H groups in total. The molecule has 2 aromatic rings. The monoisotopic (exact) mass is 424 g/mol. The first-order chi connectivity index (χ1) is 14.9. The van der Waals surface area contributed by atoms with Crippen LogP contribution in [0.4, 0.5) is 10.7 Å². The summed E-state index contributed by atoms with van der Waals surface area (Å²) in [6, 6.07) is 4.62. The number of allylic oxidation sites excluding steroid dienone is 1. The standard InChI is InChI=1S/C21H24N6O4/c1-3-4-5-8-26-11-16(23-19(26)22)21(18(29)24-20(30)25-21)12-27-10-13-6-7-14(31-2)9-15(13)17(27)28/h5-9,11H,3-4,10,12H2,1-2H3,(H2,22,23)(H2,24,25,29,30). The summed E-state index contributed by atoms with van der Waals surface area (Å²) in [4.78, 5) is 43.8. The van der Waals surface area contributed by atoms with E-state index in [1.54, 1.807) is 29.1 Å². The van der Waals surface area contributed by atoms with E-state index in [-0.39, 0.29) is 24.1 Å². The molecule has 31 heavy (non-hydrogen) atoms. The van der Waals surface area contributed by atoms with Gasteiger partial charge in [-0.05, 0) is 24.1 Å². The van der Waals surface area contributed by atoms with Crippen LogP contribution in [0.15, 0.2) is 30.5 Å². The Morgan fingerprint density at radius 3 is 2.81 bits per heavy atom. The molecule has 1 aromatic heterocycles. The molecule has 0 saturated carbocycles. The number of urea groups is 1. The van der Waals surface area contributed by atoms with Gasteiger partial charge < -0.3 is 20.7 Å². The minimum atomic E-state index is -1.54. The van der Waals surface area contributed by atoms with Crippen molar-refractivity contribution in [1.82, 2.24) is 25.1 Å². The molecule has 1 saturated heterocycles.